The van der Waals surface area contributed by atoms with Crippen LogP contribution in [-0.4, -0.2) is 45.0 Å². The molecule has 1 saturated heterocycles. The fraction of sp³-hybridized carbons (Fsp3) is 0.368. The molecule has 0 aliphatic carbocycles. The predicted octanol–water partition coefficient (Wildman–Crippen LogP) is 3.96. The molecule has 6 nitrogen and oxygen atoms in total. The second-order valence-electron chi connectivity index (χ2n) is 6.58. The van der Waals surface area contributed by atoms with Crippen molar-refractivity contribution in [3.63, 3.8) is 0 Å². The van der Waals surface area contributed by atoms with Gasteiger partial charge in [-0.1, -0.05) is 6.07 Å². The van der Waals surface area contributed by atoms with Crippen molar-refractivity contribution in [3.05, 3.63) is 45.4 Å². The van der Waals surface area contributed by atoms with Crippen LogP contribution in [0.3, 0.4) is 0 Å². The normalized spacial score (nSPS) is 17.1. The van der Waals surface area contributed by atoms with E-state index in [0.717, 1.165) is 41.3 Å². The van der Waals surface area contributed by atoms with Gasteiger partial charge in [0.05, 0.1) is 17.1 Å². The van der Waals surface area contributed by atoms with E-state index in [2.05, 4.69) is 15.0 Å². The van der Waals surface area contributed by atoms with Gasteiger partial charge in [-0.05, 0) is 44.2 Å². The number of carbonyl (C=O) groups is 1. The molecule has 8 heteroatoms. The van der Waals surface area contributed by atoms with E-state index in [-0.39, 0.29) is 12.0 Å². The Morgan fingerprint density at radius 3 is 2.78 bits per heavy atom. The summed E-state index contributed by atoms with van der Waals surface area (Å²) in [6.07, 6.45) is 1.68. The standard InChI is InChI=1S/C19H20N4O2S2/c1-12-9-13(2)21-19(20-12)25-14-5-3-7-23(10-14)18(24)17-22-15(11-27-17)16-6-4-8-26-16/h4,6,8-9,11,14H,3,5,7,10H2,1-2H3. The summed E-state index contributed by atoms with van der Waals surface area (Å²) >= 11 is 3.02. The average Bonchev–Trinajstić information content (AvgIpc) is 3.32. The largest absolute Gasteiger partial charge is 0.458 e. The second kappa shape index (κ2) is 7.74. The van der Waals surface area contributed by atoms with Crippen LogP contribution in [-0.2, 0) is 0 Å². The van der Waals surface area contributed by atoms with E-state index in [1.54, 1.807) is 11.3 Å². The van der Waals surface area contributed by atoms with Gasteiger partial charge in [-0.15, -0.1) is 22.7 Å². The fourth-order valence-electron chi connectivity index (χ4n) is 3.16. The molecule has 0 spiro atoms. The van der Waals surface area contributed by atoms with Gasteiger partial charge in [0.2, 0.25) is 0 Å². The first kappa shape index (κ1) is 18.1. The number of hydrogen-bond acceptors (Lipinski definition) is 7. The molecule has 1 aliphatic heterocycles. The molecular weight excluding hydrogens is 380 g/mol. The van der Waals surface area contributed by atoms with Gasteiger partial charge in [0.25, 0.3) is 5.91 Å². The molecule has 3 aromatic rings. The molecule has 0 saturated carbocycles. The summed E-state index contributed by atoms with van der Waals surface area (Å²) in [4.78, 5) is 29.0. The number of piperidine rings is 1. The quantitative estimate of drug-likeness (QED) is 0.663. The van der Waals surface area contributed by atoms with Crippen LogP contribution < -0.4 is 4.74 Å². The number of hydrogen-bond donors (Lipinski definition) is 0. The monoisotopic (exact) mass is 400 g/mol. The number of thiophene rings is 1. The second-order valence-corrected chi connectivity index (χ2v) is 8.39. The van der Waals surface area contributed by atoms with E-state index >= 15 is 0 Å². The highest BCUT2D eigenvalue weighted by atomic mass is 32.1. The summed E-state index contributed by atoms with van der Waals surface area (Å²) in [5.41, 5.74) is 2.63. The van der Waals surface area contributed by atoms with Crippen molar-refractivity contribution in [1.29, 1.82) is 0 Å². The molecule has 0 N–H and O–H groups in total. The van der Waals surface area contributed by atoms with Gasteiger partial charge < -0.3 is 9.64 Å². The van der Waals surface area contributed by atoms with Gasteiger partial charge in [0, 0.05) is 23.3 Å². The molecule has 1 atom stereocenters. The van der Waals surface area contributed by atoms with Crippen molar-refractivity contribution in [3.8, 4) is 16.6 Å². The van der Waals surface area contributed by atoms with Gasteiger partial charge in [-0.3, -0.25) is 4.79 Å². The number of amides is 1. The minimum atomic E-state index is -0.0966. The first-order valence-electron chi connectivity index (χ1n) is 8.86. The Kier molecular flexibility index (Phi) is 5.18. The first-order valence-corrected chi connectivity index (χ1v) is 10.6. The molecule has 0 bridgehead atoms. The highest BCUT2D eigenvalue weighted by Crippen LogP contribution is 2.27. The van der Waals surface area contributed by atoms with Crippen molar-refractivity contribution >= 4 is 28.6 Å². The lowest BCUT2D eigenvalue weighted by Crippen LogP contribution is -2.44. The van der Waals surface area contributed by atoms with Crippen molar-refractivity contribution in [2.45, 2.75) is 32.8 Å². The Morgan fingerprint density at radius 2 is 2.04 bits per heavy atom. The molecule has 4 rings (SSSR count). The zero-order valence-electron chi connectivity index (χ0n) is 15.2. The Balaban J connectivity index is 1.44. The number of aromatic nitrogens is 3. The number of rotatable bonds is 4. The van der Waals surface area contributed by atoms with Crippen molar-refractivity contribution in [1.82, 2.24) is 19.9 Å². The Hall–Kier alpha value is -2.32. The molecule has 1 unspecified atom stereocenters. The highest BCUT2D eigenvalue weighted by Gasteiger charge is 2.28. The Morgan fingerprint density at radius 1 is 1.22 bits per heavy atom. The molecule has 140 valence electrons. The summed E-state index contributed by atoms with van der Waals surface area (Å²) in [5.74, 6) is -0.0301. The molecule has 0 aromatic carbocycles. The van der Waals surface area contributed by atoms with Crippen LogP contribution in [0.1, 0.15) is 34.0 Å². The summed E-state index contributed by atoms with van der Waals surface area (Å²) in [6, 6.07) is 6.31. The van der Waals surface area contributed by atoms with Crippen molar-refractivity contribution in [2.24, 2.45) is 0 Å². The van der Waals surface area contributed by atoms with Crippen LogP contribution in [0, 0.1) is 13.8 Å². The lowest BCUT2D eigenvalue weighted by molar-refractivity contribution is 0.0514. The van der Waals surface area contributed by atoms with E-state index in [4.69, 9.17) is 4.74 Å². The third kappa shape index (κ3) is 4.17. The van der Waals surface area contributed by atoms with E-state index in [1.165, 1.54) is 11.3 Å². The molecule has 1 amide bonds. The van der Waals surface area contributed by atoms with Crippen LogP contribution in [0.4, 0.5) is 0 Å². The third-order valence-electron chi connectivity index (χ3n) is 4.36. The lowest BCUT2D eigenvalue weighted by atomic mass is 10.1. The lowest BCUT2D eigenvalue weighted by Gasteiger charge is -2.31. The number of aryl methyl sites for hydroxylation is 2. The molecule has 27 heavy (non-hydrogen) atoms. The van der Waals surface area contributed by atoms with E-state index in [9.17, 15) is 4.79 Å². The smallest absolute Gasteiger partial charge is 0.317 e. The van der Waals surface area contributed by atoms with Gasteiger partial charge in [0.1, 0.15) is 6.10 Å². The van der Waals surface area contributed by atoms with E-state index < -0.39 is 0 Å². The topological polar surface area (TPSA) is 68.2 Å². The van der Waals surface area contributed by atoms with Crippen molar-refractivity contribution < 1.29 is 9.53 Å². The van der Waals surface area contributed by atoms with Crippen LogP contribution in [0.2, 0.25) is 0 Å². The molecule has 1 aliphatic rings. The van der Waals surface area contributed by atoms with Gasteiger partial charge in [0.15, 0.2) is 5.01 Å². The minimum absolute atomic E-state index is 0.0301. The van der Waals surface area contributed by atoms with E-state index in [1.807, 2.05) is 47.7 Å². The molecular formula is C19H20N4O2S2. The summed E-state index contributed by atoms with van der Waals surface area (Å²) in [5, 5.41) is 4.49. The van der Waals surface area contributed by atoms with Crippen LogP contribution in [0.5, 0.6) is 6.01 Å². The van der Waals surface area contributed by atoms with E-state index in [0.29, 0.717) is 17.6 Å². The number of ether oxygens (including phenoxy) is 1. The summed E-state index contributed by atoms with van der Waals surface area (Å²) < 4.78 is 5.97. The minimum Gasteiger partial charge on any atom is -0.458 e. The maximum Gasteiger partial charge on any atom is 0.317 e. The fourth-order valence-corrected chi connectivity index (χ4v) is 4.70. The third-order valence-corrected chi connectivity index (χ3v) is 6.08. The van der Waals surface area contributed by atoms with Crippen LogP contribution >= 0.6 is 22.7 Å². The first-order chi connectivity index (χ1) is 13.1. The predicted molar refractivity (Wildman–Crippen MR) is 106 cm³/mol. The Labute approximate surface area is 165 Å². The number of likely N-dealkylation sites (tertiary alicyclic amines) is 1. The average molecular weight is 401 g/mol. The Bertz CT molecular complexity index is 919. The number of thiazole rings is 1. The molecule has 3 aromatic heterocycles. The SMILES string of the molecule is Cc1cc(C)nc(OC2CCCN(C(=O)c3nc(-c4cccs4)cs3)C2)n1. The summed E-state index contributed by atoms with van der Waals surface area (Å²) in [7, 11) is 0. The summed E-state index contributed by atoms with van der Waals surface area (Å²) in [6.45, 7) is 5.10. The highest BCUT2D eigenvalue weighted by molar-refractivity contribution is 7.15. The van der Waals surface area contributed by atoms with Crippen LogP contribution in [0.25, 0.3) is 10.6 Å². The number of carbonyl (C=O) groups excluding carboxylic acids is 1. The zero-order valence-corrected chi connectivity index (χ0v) is 16.8. The maximum atomic E-state index is 12.9. The van der Waals surface area contributed by atoms with Crippen LogP contribution in [0.15, 0.2) is 29.0 Å². The van der Waals surface area contributed by atoms with Gasteiger partial charge >= 0.3 is 6.01 Å². The number of nitrogens with zero attached hydrogens (tertiary/aromatic N) is 4. The molecule has 4 heterocycles. The molecule has 1 fully saturated rings. The van der Waals surface area contributed by atoms with Gasteiger partial charge in [-0.25, -0.2) is 15.0 Å². The zero-order chi connectivity index (χ0) is 18.8. The maximum absolute atomic E-state index is 12.9. The molecule has 0 radical (unpaired) electrons. The van der Waals surface area contributed by atoms with Crippen molar-refractivity contribution in [2.75, 3.05) is 13.1 Å². The van der Waals surface area contributed by atoms with Gasteiger partial charge in [-0.2, -0.15) is 0 Å².